The van der Waals surface area contributed by atoms with Gasteiger partial charge in [0.25, 0.3) is 5.91 Å². The maximum Gasteiger partial charge on any atom is 0.343 e. The Labute approximate surface area is 86.7 Å². The Kier molecular flexibility index (Phi) is 12.7. The molecule has 0 saturated heterocycles. The molecule has 88 valence electrons. The maximum atomic E-state index is 10.7. The molecule has 0 fully saturated rings. The topological polar surface area (TPSA) is 152 Å². The second kappa shape index (κ2) is 10.2. The lowest BCUT2D eigenvalue weighted by molar-refractivity contribution is -0.161. The summed E-state index contributed by atoms with van der Waals surface area (Å²) in [6.07, 6.45) is 0.374. The van der Waals surface area contributed by atoms with E-state index < -0.39 is 24.3 Å². The molecular weight excluding hydrogens is 206 g/mol. The summed E-state index contributed by atoms with van der Waals surface area (Å²) in [4.78, 5) is 35.7. The SMILES string of the molecule is C=CC(=O)NOC(=O)CC(=O)OC.N.N. The Morgan fingerprint density at radius 2 is 1.80 bits per heavy atom. The molecule has 0 aliphatic heterocycles. The highest BCUT2D eigenvalue weighted by Crippen LogP contribution is 1.86. The number of carbonyl (C=O) groups is 3. The summed E-state index contributed by atoms with van der Waals surface area (Å²) < 4.78 is 4.18. The van der Waals surface area contributed by atoms with Crippen LogP contribution in [-0.4, -0.2) is 25.0 Å². The second-order valence-corrected chi connectivity index (χ2v) is 1.90. The van der Waals surface area contributed by atoms with Crippen LogP contribution in [0.1, 0.15) is 6.42 Å². The van der Waals surface area contributed by atoms with Crippen LogP contribution in [0.25, 0.3) is 0 Å². The Hall–Kier alpha value is -1.93. The van der Waals surface area contributed by atoms with Gasteiger partial charge in [-0.05, 0) is 6.08 Å². The van der Waals surface area contributed by atoms with Gasteiger partial charge in [0.05, 0.1) is 7.11 Å². The van der Waals surface area contributed by atoms with Gasteiger partial charge in [-0.25, -0.2) is 4.79 Å². The smallest absolute Gasteiger partial charge is 0.343 e. The normalized spacial score (nSPS) is 7.27. The number of methoxy groups -OCH3 is 1. The van der Waals surface area contributed by atoms with Crippen molar-refractivity contribution in [2.24, 2.45) is 0 Å². The molecule has 0 saturated carbocycles. The number of amides is 1. The number of hydroxylamine groups is 1. The third-order valence-corrected chi connectivity index (χ3v) is 0.967. The molecule has 0 bridgehead atoms. The largest absolute Gasteiger partial charge is 0.469 e. The molecule has 0 radical (unpaired) electrons. The molecule has 1 amide bonds. The number of ether oxygens (including phenoxy) is 1. The van der Waals surface area contributed by atoms with Crippen LogP contribution in [-0.2, 0) is 24.0 Å². The zero-order valence-corrected chi connectivity index (χ0v) is 8.45. The first-order chi connectivity index (χ1) is 6.10. The van der Waals surface area contributed by atoms with Crippen LogP contribution in [0.4, 0.5) is 0 Å². The highest BCUT2D eigenvalue weighted by molar-refractivity contribution is 5.92. The molecule has 15 heavy (non-hydrogen) atoms. The zero-order chi connectivity index (χ0) is 10.3. The molecule has 0 aromatic carbocycles. The summed E-state index contributed by atoms with van der Waals surface area (Å²) in [6.45, 7) is 3.12. The average Bonchev–Trinajstić information content (AvgIpc) is 2.13. The van der Waals surface area contributed by atoms with Crippen LogP contribution in [0.5, 0.6) is 0 Å². The lowest BCUT2D eigenvalue weighted by Crippen LogP contribution is -2.26. The van der Waals surface area contributed by atoms with E-state index in [4.69, 9.17) is 0 Å². The minimum absolute atomic E-state index is 0. The van der Waals surface area contributed by atoms with Gasteiger partial charge in [-0.2, -0.15) is 5.48 Å². The van der Waals surface area contributed by atoms with Crippen LogP contribution in [0.15, 0.2) is 12.7 Å². The van der Waals surface area contributed by atoms with E-state index >= 15 is 0 Å². The first-order valence-corrected chi connectivity index (χ1v) is 3.29. The molecule has 0 aromatic rings. The molecule has 8 heteroatoms. The number of rotatable bonds is 3. The summed E-state index contributed by atoms with van der Waals surface area (Å²) in [7, 11) is 1.14. The molecule has 0 unspecified atom stereocenters. The van der Waals surface area contributed by atoms with Crippen molar-refractivity contribution in [3.05, 3.63) is 12.7 Å². The van der Waals surface area contributed by atoms with Gasteiger partial charge >= 0.3 is 11.9 Å². The Morgan fingerprint density at radius 3 is 2.20 bits per heavy atom. The molecule has 0 aliphatic rings. The van der Waals surface area contributed by atoms with Gasteiger partial charge in [0.1, 0.15) is 6.42 Å². The quantitative estimate of drug-likeness (QED) is 0.254. The molecule has 0 aliphatic carbocycles. The predicted octanol–water partition coefficient (Wildman–Crippen LogP) is -0.366. The van der Waals surface area contributed by atoms with Gasteiger partial charge in [0, 0.05) is 0 Å². The van der Waals surface area contributed by atoms with E-state index in [0.717, 1.165) is 13.2 Å². The number of hydrogen-bond acceptors (Lipinski definition) is 7. The summed E-state index contributed by atoms with van der Waals surface area (Å²) in [5.41, 5.74) is 1.75. The van der Waals surface area contributed by atoms with E-state index in [-0.39, 0.29) is 12.3 Å². The van der Waals surface area contributed by atoms with Crippen molar-refractivity contribution in [2.45, 2.75) is 6.42 Å². The number of hydrogen-bond donors (Lipinski definition) is 3. The van der Waals surface area contributed by atoms with Crippen molar-refractivity contribution in [3.8, 4) is 0 Å². The summed E-state index contributed by atoms with van der Waals surface area (Å²) in [6, 6.07) is 0. The van der Waals surface area contributed by atoms with Gasteiger partial charge in [-0.15, -0.1) is 0 Å². The van der Waals surface area contributed by atoms with Crippen molar-refractivity contribution in [1.82, 2.24) is 17.8 Å². The third kappa shape index (κ3) is 9.99. The van der Waals surface area contributed by atoms with Crippen molar-refractivity contribution < 1.29 is 24.0 Å². The van der Waals surface area contributed by atoms with Crippen LogP contribution >= 0.6 is 0 Å². The fourth-order valence-corrected chi connectivity index (χ4v) is 0.375. The first-order valence-electron chi connectivity index (χ1n) is 3.29. The highest BCUT2D eigenvalue weighted by Gasteiger charge is 2.11. The Bertz CT molecular complexity index is 241. The predicted molar refractivity (Wildman–Crippen MR) is 51.1 cm³/mol. The maximum absolute atomic E-state index is 10.7. The van der Waals surface area contributed by atoms with Crippen LogP contribution in [0, 0.1) is 0 Å². The zero-order valence-electron chi connectivity index (χ0n) is 8.45. The van der Waals surface area contributed by atoms with Crippen LogP contribution in [0.3, 0.4) is 0 Å². The van der Waals surface area contributed by atoms with E-state index in [1.165, 1.54) is 0 Å². The molecule has 0 rings (SSSR count). The molecule has 7 N–H and O–H groups in total. The standard InChI is InChI=1S/C7H9NO5.2H3N/c1-3-5(9)8-13-7(11)4-6(10)12-2;;/h3H,1,4H2,2H3,(H,8,9);2*1H3. The Morgan fingerprint density at radius 1 is 1.27 bits per heavy atom. The fourth-order valence-electron chi connectivity index (χ4n) is 0.375. The monoisotopic (exact) mass is 221 g/mol. The van der Waals surface area contributed by atoms with Gasteiger partial charge < -0.3 is 21.9 Å². The van der Waals surface area contributed by atoms with Crippen molar-refractivity contribution >= 4 is 17.8 Å². The molecular formula is C7H15N3O5. The van der Waals surface area contributed by atoms with E-state index in [0.29, 0.717) is 0 Å². The molecule has 0 aromatic heterocycles. The highest BCUT2D eigenvalue weighted by atomic mass is 16.7. The molecule has 0 spiro atoms. The summed E-state index contributed by atoms with van der Waals surface area (Å²) >= 11 is 0. The number of esters is 1. The molecule has 0 heterocycles. The molecule has 8 nitrogen and oxygen atoms in total. The van der Waals surface area contributed by atoms with Crippen molar-refractivity contribution in [2.75, 3.05) is 7.11 Å². The fraction of sp³-hybridized carbons (Fsp3) is 0.286. The summed E-state index contributed by atoms with van der Waals surface area (Å²) in [5.74, 6) is -2.31. The van der Waals surface area contributed by atoms with E-state index in [2.05, 4.69) is 16.2 Å². The van der Waals surface area contributed by atoms with Crippen LogP contribution < -0.4 is 17.8 Å². The lowest BCUT2D eigenvalue weighted by atomic mass is 10.4. The number of carbonyl (C=O) groups excluding carboxylic acids is 3. The van der Waals surface area contributed by atoms with Gasteiger partial charge in [-0.1, -0.05) is 6.58 Å². The molecule has 0 atom stereocenters. The van der Waals surface area contributed by atoms with Gasteiger partial charge in [-0.3, -0.25) is 9.59 Å². The van der Waals surface area contributed by atoms with E-state index in [1.807, 2.05) is 0 Å². The van der Waals surface area contributed by atoms with Crippen molar-refractivity contribution in [3.63, 3.8) is 0 Å². The third-order valence-electron chi connectivity index (χ3n) is 0.967. The lowest BCUT2D eigenvalue weighted by Gasteiger charge is -2.01. The minimum Gasteiger partial charge on any atom is -0.469 e. The number of nitrogens with one attached hydrogen (secondary N) is 1. The Balaban J connectivity index is -0.000000720. The second-order valence-electron chi connectivity index (χ2n) is 1.90. The van der Waals surface area contributed by atoms with E-state index in [1.54, 1.807) is 5.48 Å². The van der Waals surface area contributed by atoms with Gasteiger partial charge in [0.2, 0.25) is 0 Å². The average molecular weight is 221 g/mol. The first kappa shape index (κ1) is 18.8. The van der Waals surface area contributed by atoms with Gasteiger partial charge in [0.15, 0.2) is 0 Å². The van der Waals surface area contributed by atoms with Crippen LogP contribution in [0.2, 0.25) is 0 Å². The minimum atomic E-state index is -0.901. The van der Waals surface area contributed by atoms with E-state index in [9.17, 15) is 14.4 Å². The van der Waals surface area contributed by atoms with Crippen molar-refractivity contribution in [1.29, 1.82) is 0 Å². The summed E-state index contributed by atoms with van der Waals surface area (Å²) in [5, 5.41) is 0.